The standard InChI is InChI=1S/C29H38N6O/c1-4-27-26(24-19-22(2)29(36)32(3)21-24)9-10-28(31-27)35-17-15-33(16-18-35)20-23-5-7-25(8-6-23)34-13-11-30-12-14-34/h5-10,19,21,30H,4,11-18,20H2,1-3H3. The van der Waals surface area contributed by atoms with Crippen LogP contribution in [0.25, 0.3) is 11.1 Å². The Bertz CT molecular complexity index is 1210. The maximum Gasteiger partial charge on any atom is 0.253 e. The number of rotatable bonds is 6. The number of aryl methyl sites for hydroxylation is 3. The molecule has 0 saturated carbocycles. The number of hydrogen-bond acceptors (Lipinski definition) is 6. The maximum absolute atomic E-state index is 12.1. The molecule has 1 N–H and O–H groups in total. The van der Waals surface area contributed by atoms with Gasteiger partial charge < -0.3 is 19.7 Å². The van der Waals surface area contributed by atoms with E-state index in [9.17, 15) is 4.79 Å². The minimum absolute atomic E-state index is 0.0507. The van der Waals surface area contributed by atoms with Crippen molar-refractivity contribution in [2.24, 2.45) is 7.05 Å². The Balaban J connectivity index is 1.21. The molecule has 5 rings (SSSR count). The van der Waals surface area contributed by atoms with Gasteiger partial charge in [-0.2, -0.15) is 0 Å². The van der Waals surface area contributed by atoms with Crippen LogP contribution in [0.1, 0.15) is 23.7 Å². The van der Waals surface area contributed by atoms with Crippen molar-refractivity contribution >= 4 is 11.5 Å². The molecule has 2 fully saturated rings. The summed E-state index contributed by atoms with van der Waals surface area (Å²) in [6.07, 6.45) is 2.77. The summed E-state index contributed by atoms with van der Waals surface area (Å²) >= 11 is 0. The fraction of sp³-hybridized carbons (Fsp3) is 0.448. The number of nitrogens with zero attached hydrogens (tertiary/aromatic N) is 5. The fourth-order valence-electron chi connectivity index (χ4n) is 5.35. The molecule has 0 radical (unpaired) electrons. The summed E-state index contributed by atoms with van der Waals surface area (Å²) in [5, 5.41) is 3.42. The summed E-state index contributed by atoms with van der Waals surface area (Å²) < 4.78 is 1.66. The van der Waals surface area contributed by atoms with Gasteiger partial charge >= 0.3 is 0 Å². The van der Waals surface area contributed by atoms with E-state index >= 15 is 0 Å². The smallest absolute Gasteiger partial charge is 0.253 e. The van der Waals surface area contributed by atoms with Crippen LogP contribution in [0.15, 0.2) is 53.5 Å². The Hall–Kier alpha value is -3.16. The van der Waals surface area contributed by atoms with E-state index in [1.54, 1.807) is 4.57 Å². The number of pyridine rings is 2. The van der Waals surface area contributed by atoms with Crippen LogP contribution in [0.5, 0.6) is 0 Å². The van der Waals surface area contributed by atoms with Crippen LogP contribution in [0.4, 0.5) is 11.5 Å². The van der Waals surface area contributed by atoms with Gasteiger partial charge in [0.2, 0.25) is 0 Å². The molecule has 7 heteroatoms. The van der Waals surface area contributed by atoms with Crippen molar-refractivity contribution in [3.8, 4) is 11.1 Å². The van der Waals surface area contributed by atoms with Gasteiger partial charge in [0, 0.05) is 94.5 Å². The van der Waals surface area contributed by atoms with E-state index in [0.717, 1.165) is 93.5 Å². The Morgan fingerprint density at radius 1 is 0.917 bits per heavy atom. The highest BCUT2D eigenvalue weighted by Crippen LogP contribution is 2.26. The lowest BCUT2D eigenvalue weighted by Crippen LogP contribution is -2.46. The quantitative estimate of drug-likeness (QED) is 0.578. The first kappa shape index (κ1) is 24.5. The minimum atomic E-state index is 0.0507. The SMILES string of the molecule is CCc1nc(N2CCN(Cc3ccc(N4CCNCC4)cc3)CC2)ccc1-c1cc(C)c(=O)n(C)c1. The number of hydrogen-bond donors (Lipinski definition) is 1. The molecule has 0 unspecified atom stereocenters. The molecule has 0 atom stereocenters. The number of piperazine rings is 2. The van der Waals surface area contributed by atoms with E-state index < -0.39 is 0 Å². The molecule has 2 aromatic heterocycles. The Kier molecular flexibility index (Phi) is 7.39. The number of benzene rings is 1. The molecule has 2 aliphatic rings. The van der Waals surface area contributed by atoms with Gasteiger partial charge in [-0.3, -0.25) is 9.69 Å². The van der Waals surface area contributed by atoms with E-state index in [1.807, 2.05) is 26.2 Å². The Morgan fingerprint density at radius 3 is 2.31 bits per heavy atom. The Labute approximate surface area is 214 Å². The first-order valence-electron chi connectivity index (χ1n) is 13.2. The van der Waals surface area contributed by atoms with Gasteiger partial charge in [-0.1, -0.05) is 19.1 Å². The minimum Gasteiger partial charge on any atom is -0.369 e. The third kappa shape index (κ3) is 5.32. The van der Waals surface area contributed by atoms with Gasteiger partial charge in [0.25, 0.3) is 5.56 Å². The van der Waals surface area contributed by atoms with Crippen LogP contribution in [0, 0.1) is 6.92 Å². The van der Waals surface area contributed by atoms with Crippen molar-refractivity contribution in [2.45, 2.75) is 26.8 Å². The van der Waals surface area contributed by atoms with Crippen LogP contribution in [0.2, 0.25) is 0 Å². The predicted molar refractivity (Wildman–Crippen MR) is 148 cm³/mol. The molecule has 0 bridgehead atoms. The molecule has 3 aromatic rings. The molecule has 0 aliphatic carbocycles. The molecule has 2 aliphatic heterocycles. The first-order chi connectivity index (χ1) is 17.5. The van der Waals surface area contributed by atoms with Gasteiger partial charge in [-0.15, -0.1) is 0 Å². The molecule has 1 aromatic carbocycles. The van der Waals surface area contributed by atoms with Crippen LogP contribution >= 0.6 is 0 Å². The third-order valence-electron chi connectivity index (χ3n) is 7.49. The molecule has 190 valence electrons. The number of aromatic nitrogens is 2. The average Bonchev–Trinajstić information content (AvgIpc) is 2.92. The largest absolute Gasteiger partial charge is 0.369 e. The highest BCUT2D eigenvalue weighted by atomic mass is 16.1. The first-order valence-corrected chi connectivity index (χ1v) is 13.2. The monoisotopic (exact) mass is 486 g/mol. The summed E-state index contributed by atoms with van der Waals surface area (Å²) in [4.78, 5) is 24.6. The van der Waals surface area contributed by atoms with E-state index in [4.69, 9.17) is 4.98 Å². The highest BCUT2D eigenvalue weighted by molar-refractivity contribution is 5.67. The van der Waals surface area contributed by atoms with Gasteiger partial charge in [0.15, 0.2) is 0 Å². The maximum atomic E-state index is 12.1. The molecule has 0 amide bonds. The summed E-state index contributed by atoms with van der Waals surface area (Å²) in [6.45, 7) is 13.3. The van der Waals surface area contributed by atoms with E-state index in [0.29, 0.717) is 0 Å². The topological polar surface area (TPSA) is 56.6 Å². The van der Waals surface area contributed by atoms with E-state index in [2.05, 4.69) is 63.3 Å². The van der Waals surface area contributed by atoms with Gasteiger partial charge in [0.1, 0.15) is 5.82 Å². The normalized spacial score (nSPS) is 17.0. The second kappa shape index (κ2) is 10.8. The molecule has 36 heavy (non-hydrogen) atoms. The molecule has 7 nitrogen and oxygen atoms in total. The zero-order chi connectivity index (χ0) is 25.1. The average molecular weight is 487 g/mol. The second-order valence-corrected chi connectivity index (χ2v) is 10.0. The number of anilines is 2. The lowest BCUT2D eigenvalue weighted by atomic mass is 10.0. The molecular formula is C29H38N6O. The zero-order valence-electron chi connectivity index (χ0n) is 21.8. The lowest BCUT2D eigenvalue weighted by molar-refractivity contribution is 0.249. The van der Waals surface area contributed by atoms with Gasteiger partial charge in [-0.05, 0) is 49.2 Å². The summed E-state index contributed by atoms with van der Waals surface area (Å²) in [7, 11) is 1.81. The number of nitrogens with one attached hydrogen (secondary N) is 1. The third-order valence-corrected chi connectivity index (χ3v) is 7.49. The lowest BCUT2D eigenvalue weighted by Gasteiger charge is -2.36. The van der Waals surface area contributed by atoms with Crippen molar-refractivity contribution in [3.05, 3.63) is 75.8 Å². The molecule has 4 heterocycles. The highest BCUT2D eigenvalue weighted by Gasteiger charge is 2.20. The molecular weight excluding hydrogens is 448 g/mol. The second-order valence-electron chi connectivity index (χ2n) is 10.0. The van der Waals surface area contributed by atoms with Crippen LogP contribution in [-0.4, -0.2) is 66.8 Å². The molecule has 0 spiro atoms. The molecule has 2 saturated heterocycles. The van der Waals surface area contributed by atoms with Crippen LogP contribution in [-0.2, 0) is 20.0 Å². The summed E-state index contributed by atoms with van der Waals surface area (Å²) in [6, 6.07) is 15.4. The van der Waals surface area contributed by atoms with Crippen molar-refractivity contribution in [1.82, 2.24) is 19.8 Å². The summed E-state index contributed by atoms with van der Waals surface area (Å²) in [5.41, 5.74) is 6.77. The van der Waals surface area contributed by atoms with Gasteiger partial charge in [-0.25, -0.2) is 4.98 Å². The van der Waals surface area contributed by atoms with Crippen molar-refractivity contribution in [1.29, 1.82) is 0 Å². The summed E-state index contributed by atoms with van der Waals surface area (Å²) in [5.74, 6) is 1.05. The van der Waals surface area contributed by atoms with E-state index in [1.165, 1.54) is 11.3 Å². The van der Waals surface area contributed by atoms with Crippen molar-refractivity contribution < 1.29 is 0 Å². The van der Waals surface area contributed by atoms with Crippen LogP contribution < -0.4 is 20.7 Å². The van der Waals surface area contributed by atoms with Crippen molar-refractivity contribution in [3.63, 3.8) is 0 Å². The Morgan fingerprint density at radius 2 is 1.64 bits per heavy atom. The van der Waals surface area contributed by atoms with E-state index in [-0.39, 0.29) is 5.56 Å². The van der Waals surface area contributed by atoms with Gasteiger partial charge in [0.05, 0.1) is 5.69 Å². The predicted octanol–water partition coefficient (Wildman–Crippen LogP) is 3.05. The van der Waals surface area contributed by atoms with Crippen LogP contribution in [0.3, 0.4) is 0 Å². The zero-order valence-corrected chi connectivity index (χ0v) is 21.8. The van der Waals surface area contributed by atoms with Crippen molar-refractivity contribution in [2.75, 3.05) is 62.2 Å². The fourth-order valence-corrected chi connectivity index (χ4v) is 5.35.